The summed E-state index contributed by atoms with van der Waals surface area (Å²) in [5.74, 6) is 2.99. The Morgan fingerprint density at radius 3 is 2.85 bits per heavy atom. The van der Waals surface area contributed by atoms with E-state index < -0.39 is 0 Å². The number of fused-ring (bicyclic) bond motifs is 2. The van der Waals surface area contributed by atoms with Crippen molar-refractivity contribution in [2.75, 3.05) is 19.6 Å². The Labute approximate surface area is 168 Å². The molecule has 4 aliphatic rings. The second kappa shape index (κ2) is 8.12. The van der Waals surface area contributed by atoms with Crippen LogP contribution in [0.4, 0.5) is 0 Å². The fourth-order valence-electron chi connectivity index (χ4n) is 6.22. The number of amides is 1. The Kier molecular flexibility index (Phi) is 5.79. The van der Waals surface area contributed by atoms with Crippen molar-refractivity contribution < 1.29 is 4.79 Å². The molecule has 1 aromatic rings. The molecule has 3 heterocycles. The average Bonchev–Trinajstić information content (AvgIpc) is 3.46. The van der Waals surface area contributed by atoms with E-state index in [1.807, 2.05) is 16.9 Å². The normalized spacial score (nSPS) is 35.4. The van der Waals surface area contributed by atoms with Gasteiger partial charge in [-0.1, -0.05) is 6.42 Å². The lowest BCUT2D eigenvalue weighted by molar-refractivity contribution is 0.0700. The van der Waals surface area contributed by atoms with Gasteiger partial charge in [-0.3, -0.25) is 9.48 Å². The monoisotopic (exact) mass is 392 g/mol. The molecule has 1 N–H and O–H groups in total. The number of carbonyl (C=O) groups excluding carboxylic acids is 1. The van der Waals surface area contributed by atoms with Crippen molar-refractivity contribution in [2.24, 2.45) is 17.8 Å². The molecule has 2 bridgehead atoms. The van der Waals surface area contributed by atoms with Crippen LogP contribution in [0.25, 0.3) is 0 Å². The number of carbonyl (C=O) groups is 1. The number of aromatic nitrogens is 2. The summed E-state index contributed by atoms with van der Waals surface area (Å²) < 4.78 is 2.01. The first-order chi connectivity index (χ1) is 12.8. The van der Waals surface area contributed by atoms with E-state index in [9.17, 15) is 4.79 Å². The molecule has 2 aliphatic heterocycles. The standard InChI is InChI=1S/C21H32N4O.ClH/c26-21(20-7-10-25(23-20)19-3-1-8-22-14-19)24-9-2-4-18(24)13-17-12-15-5-6-16(17)11-15;/h7,10,15-19,22H,1-6,8-9,11-14H2;1H. The molecule has 4 fully saturated rings. The van der Waals surface area contributed by atoms with E-state index in [4.69, 9.17) is 0 Å². The summed E-state index contributed by atoms with van der Waals surface area (Å²) in [4.78, 5) is 15.3. The molecule has 2 aliphatic carbocycles. The second-order valence-corrected chi connectivity index (χ2v) is 9.15. The Morgan fingerprint density at radius 2 is 2.11 bits per heavy atom. The predicted octanol–water partition coefficient (Wildman–Crippen LogP) is 3.66. The maximum Gasteiger partial charge on any atom is 0.274 e. The highest BCUT2D eigenvalue weighted by molar-refractivity contribution is 5.92. The van der Waals surface area contributed by atoms with E-state index in [1.54, 1.807) is 0 Å². The van der Waals surface area contributed by atoms with E-state index >= 15 is 0 Å². The number of halogens is 1. The quantitative estimate of drug-likeness (QED) is 0.850. The fraction of sp³-hybridized carbons (Fsp3) is 0.810. The SMILES string of the molecule is Cl.O=C(c1ccn(C2CCCNC2)n1)N1CCCC1CC1CC2CCC1C2. The third kappa shape index (κ3) is 3.77. The maximum absolute atomic E-state index is 13.1. The van der Waals surface area contributed by atoms with Crippen molar-refractivity contribution in [1.29, 1.82) is 0 Å². The number of nitrogens with one attached hydrogen (secondary N) is 1. The van der Waals surface area contributed by atoms with Crippen LogP contribution in [0.1, 0.15) is 74.3 Å². The van der Waals surface area contributed by atoms with Crippen LogP contribution in [0.3, 0.4) is 0 Å². The van der Waals surface area contributed by atoms with Gasteiger partial charge in [0.25, 0.3) is 5.91 Å². The molecule has 150 valence electrons. The summed E-state index contributed by atoms with van der Waals surface area (Å²) in [6, 6.07) is 2.78. The van der Waals surface area contributed by atoms with Gasteiger partial charge in [0, 0.05) is 25.3 Å². The third-order valence-electron chi connectivity index (χ3n) is 7.57. The lowest BCUT2D eigenvalue weighted by Gasteiger charge is -2.30. The number of likely N-dealkylation sites (tertiary alicyclic amines) is 1. The zero-order valence-electron chi connectivity index (χ0n) is 16.2. The summed E-state index contributed by atoms with van der Waals surface area (Å²) in [7, 11) is 0. The average molecular weight is 393 g/mol. The van der Waals surface area contributed by atoms with Crippen LogP contribution in [-0.2, 0) is 0 Å². The van der Waals surface area contributed by atoms with Crippen molar-refractivity contribution in [1.82, 2.24) is 20.0 Å². The Balaban J connectivity index is 0.00000180. The van der Waals surface area contributed by atoms with Crippen LogP contribution in [0, 0.1) is 17.8 Å². The fourth-order valence-corrected chi connectivity index (χ4v) is 6.22. The molecule has 2 saturated heterocycles. The molecule has 5 unspecified atom stereocenters. The maximum atomic E-state index is 13.1. The van der Waals surface area contributed by atoms with Crippen LogP contribution in [0.5, 0.6) is 0 Å². The van der Waals surface area contributed by atoms with Gasteiger partial charge in [0.2, 0.25) is 0 Å². The van der Waals surface area contributed by atoms with Gasteiger partial charge >= 0.3 is 0 Å². The van der Waals surface area contributed by atoms with Gasteiger partial charge in [0.15, 0.2) is 0 Å². The van der Waals surface area contributed by atoms with Gasteiger partial charge in [-0.25, -0.2) is 0 Å². The number of hydrogen-bond donors (Lipinski definition) is 1. The molecule has 0 radical (unpaired) electrons. The smallest absolute Gasteiger partial charge is 0.274 e. The van der Waals surface area contributed by atoms with Crippen LogP contribution >= 0.6 is 12.4 Å². The first-order valence-electron chi connectivity index (χ1n) is 10.8. The predicted molar refractivity (Wildman–Crippen MR) is 108 cm³/mol. The number of rotatable bonds is 4. The molecule has 2 saturated carbocycles. The van der Waals surface area contributed by atoms with Gasteiger partial charge in [0.1, 0.15) is 5.69 Å². The van der Waals surface area contributed by atoms with E-state index in [-0.39, 0.29) is 18.3 Å². The molecule has 5 rings (SSSR count). The first-order valence-corrected chi connectivity index (χ1v) is 10.8. The number of piperidine rings is 1. The molecule has 27 heavy (non-hydrogen) atoms. The highest BCUT2D eigenvalue weighted by atomic mass is 35.5. The third-order valence-corrected chi connectivity index (χ3v) is 7.57. The zero-order valence-corrected chi connectivity index (χ0v) is 17.0. The number of nitrogens with zero attached hydrogens (tertiary/aromatic N) is 3. The molecule has 0 aromatic carbocycles. The van der Waals surface area contributed by atoms with Gasteiger partial charge in [0.05, 0.1) is 6.04 Å². The van der Waals surface area contributed by atoms with E-state index in [0.29, 0.717) is 17.8 Å². The van der Waals surface area contributed by atoms with Crippen LogP contribution in [0.2, 0.25) is 0 Å². The molecule has 5 nitrogen and oxygen atoms in total. The van der Waals surface area contributed by atoms with Crippen molar-refractivity contribution in [3.05, 3.63) is 18.0 Å². The van der Waals surface area contributed by atoms with Crippen molar-refractivity contribution >= 4 is 18.3 Å². The van der Waals surface area contributed by atoms with Gasteiger partial charge < -0.3 is 10.2 Å². The summed E-state index contributed by atoms with van der Waals surface area (Å²) in [5.41, 5.74) is 0.649. The molecule has 0 spiro atoms. The largest absolute Gasteiger partial charge is 0.334 e. The van der Waals surface area contributed by atoms with Crippen LogP contribution in [-0.4, -0.2) is 46.3 Å². The summed E-state index contributed by atoms with van der Waals surface area (Å²) in [6.07, 6.45) is 13.7. The van der Waals surface area contributed by atoms with E-state index in [2.05, 4.69) is 15.3 Å². The van der Waals surface area contributed by atoms with Crippen molar-refractivity contribution in [3.63, 3.8) is 0 Å². The van der Waals surface area contributed by atoms with Crippen LogP contribution in [0.15, 0.2) is 12.3 Å². The van der Waals surface area contributed by atoms with E-state index in [1.165, 1.54) is 44.9 Å². The highest BCUT2D eigenvalue weighted by Gasteiger charge is 2.42. The lowest BCUT2D eigenvalue weighted by Crippen LogP contribution is -2.38. The summed E-state index contributed by atoms with van der Waals surface area (Å²) in [6.45, 7) is 2.98. The Morgan fingerprint density at radius 1 is 1.19 bits per heavy atom. The molecule has 5 atom stereocenters. The highest BCUT2D eigenvalue weighted by Crippen LogP contribution is 2.50. The van der Waals surface area contributed by atoms with Gasteiger partial charge in [-0.15, -0.1) is 12.4 Å². The van der Waals surface area contributed by atoms with Gasteiger partial charge in [-0.05, 0) is 81.7 Å². The molecule has 6 heteroatoms. The lowest BCUT2D eigenvalue weighted by atomic mass is 9.83. The number of hydrogen-bond acceptors (Lipinski definition) is 3. The molecule has 1 aromatic heterocycles. The summed E-state index contributed by atoms with van der Waals surface area (Å²) >= 11 is 0. The zero-order chi connectivity index (χ0) is 17.5. The molecular formula is C21H33ClN4O. The summed E-state index contributed by atoms with van der Waals surface area (Å²) in [5, 5.41) is 8.10. The minimum atomic E-state index is 0. The topological polar surface area (TPSA) is 50.2 Å². The molecular weight excluding hydrogens is 360 g/mol. The van der Waals surface area contributed by atoms with Crippen LogP contribution < -0.4 is 5.32 Å². The van der Waals surface area contributed by atoms with E-state index in [0.717, 1.165) is 50.2 Å². The first kappa shape index (κ1) is 19.3. The second-order valence-electron chi connectivity index (χ2n) is 9.15. The molecule has 1 amide bonds. The minimum absolute atomic E-state index is 0. The van der Waals surface area contributed by atoms with Gasteiger partial charge in [-0.2, -0.15) is 5.10 Å². The minimum Gasteiger partial charge on any atom is -0.334 e. The Hall–Kier alpha value is -1.07. The van der Waals surface area contributed by atoms with Crippen molar-refractivity contribution in [2.45, 2.75) is 69.9 Å². The Bertz CT molecular complexity index is 656. The van der Waals surface area contributed by atoms with Crippen molar-refractivity contribution in [3.8, 4) is 0 Å².